The molecule has 6 rings (SSSR count). The molecule has 41 heavy (non-hydrogen) atoms. The van der Waals surface area contributed by atoms with Crippen LogP contribution in [0.1, 0.15) is 48.2 Å². The fraction of sp³-hybridized carbons (Fsp3) is 0.300. The maximum atomic E-state index is 13.8. The van der Waals surface area contributed by atoms with Crippen molar-refractivity contribution >= 4 is 17.4 Å². The molecule has 5 aromatic rings. The molecule has 1 aliphatic heterocycles. The predicted octanol–water partition coefficient (Wildman–Crippen LogP) is 5.31. The van der Waals surface area contributed by atoms with Crippen molar-refractivity contribution in [2.45, 2.75) is 32.1 Å². The topological polar surface area (TPSA) is 93.2 Å². The molecule has 0 unspecified atom stereocenters. The van der Waals surface area contributed by atoms with Crippen molar-refractivity contribution in [2.24, 2.45) is 7.05 Å². The number of fused-ring (bicyclic) bond motifs is 1. The van der Waals surface area contributed by atoms with Crippen LogP contribution in [0.2, 0.25) is 0 Å². The number of pyridine rings is 1. The predicted molar refractivity (Wildman–Crippen MR) is 151 cm³/mol. The van der Waals surface area contributed by atoms with Crippen LogP contribution in [0, 0.1) is 11.8 Å². The van der Waals surface area contributed by atoms with Crippen LogP contribution in [0.15, 0.2) is 60.9 Å². The number of aryl methyl sites for hydroxylation is 1. The van der Waals surface area contributed by atoms with Crippen LogP contribution in [0.3, 0.4) is 0 Å². The minimum Gasteiger partial charge on any atom is -0.305 e. The number of hydrogen-bond acceptors (Lipinski definition) is 6. The molecule has 0 saturated carbocycles. The Kier molecular flexibility index (Phi) is 7.27. The molecular formula is C30H30F2N8O. The summed E-state index contributed by atoms with van der Waals surface area (Å²) in [6, 6.07) is 12.6. The Bertz CT molecular complexity index is 1700. The molecule has 9 nitrogen and oxygen atoms in total. The Balaban J connectivity index is 1.38. The summed E-state index contributed by atoms with van der Waals surface area (Å²) < 4.78 is 30.8. The van der Waals surface area contributed by atoms with Gasteiger partial charge in [0.2, 0.25) is 5.95 Å². The van der Waals surface area contributed by atoms with Gasteiger partial charge in [-0.3, -0.25) is 9.48 Å². The normalized spacial score (nSPS) is 14.5. The zero-order chi connectivity index (χ0) is 28.5. The molecule has 1 aliphatic rings. The number of imidazole rings is 1. The zero-order valence-electron chi connectivity index (χ0n) is 22.9. The minimum absolute atomic E-state index is 0.136. The van der Waals surface area contributed by atoms with E-state index in [4.69, 9.17) is 10.2 Å². The zero-order valence-corrected chi connectivity index (χ0v) is 22.9. The van der Waals surface area contributed by atoms with Crippen molar-refractivity contribution in [3.63, 3.8) is 0 Å². The van der Waals surface area contributed by atoms with Crippen LogP contribution in [-0.4, -0.2) is 59.8 Å². The van der Waals surface area contributed by atoms with Crippen molar-refractivity contribution < 1.29 is 13.6 Å². The average Bonchev–Trinajstić information content (AvgIpc) is 3.53. The van der Waals surface area contributed by atoms with Crippen molar-refractivity contribution in [3.8, 4) is 22.5 Å². The first-order valence-electron chi connectivity index (χ1n) is 13.7. The Labute approximate surface area is 235 Å². The van der Waals surface area contributed by atoms with Gasteiger partial charge >= 0.3 is 0 Å². The first-order chi connectivity index (χ1) is 19.9. The van der Waals surface area contributed by atoms with Gasteiger partial charge in [-0.1, -0.05) is 6.92 Å². The Morgan fingerprint density at radius 2 is 1.83 bits per heavy atom. The third-order valence-corrected chi connectivity index (χ3v) is 7.53. The molecule has 0 aliphatic carbocycles. The molecule has 0 atom stereocenters. The Morgan fingerprint density at radius 1 is 1.05 bits per heavy atom. The van der Waals surface area contributed by atoms with Gasteiger partial charge < -0.3 is 10.2 Å². The van der Waals surface area contributed by atoms with Gasteiger partial charge in [0.1, 0.15) is 11.5 Å². The average molecular weight is 557 g/mol. The largest absolute Gasteiger partial charge is 0.305 e. The van der Waals surface area contributed by atoms with Crippen LogP contribution < -0.4 is 5.32 Å². The lowest BCUT2D eigenvalue weighted by Gasteiger charge is -2.32. The number of likely N-dealkylation sites (tertiary alicyclic amines) is 1. The standard InChI is InChI=1S/C30H30F2N8O/c1-3-14-39-15-11-20(12-16-39)29-27(28(37-38(29)2)19-4-6-22(31)7-5-19)23-8-9-26-34-25(18-40(26)36-23)35-30(41)21-10-13-33-24(32)17-21/h4-10,13,17-18,20H,3,11-12,14-16H2,1-2H3,(H,35,41). The van der Waals surface area contributed by atoms with Gasteiger partial charge in [-0.2, -0.15) is 14.6 Å². The number of benzene rings is 1. The molecular weight excluding hydrogens is 526 g/mol. The van der Waals surface area contributed by atoms with Crippen molar-refractivity contribution in [1.82, 2.24) is 34.3 Å². The molecule has 0 spiro atoms. The van der Waals surface area contributed by atoms with Gasteiger partial charge in [-0.05, 0) is 81.4 Å². The molecule has 1 fully saturated rings. The summed E-state index contributed by atoms with van der Waals surface area (Å²) >= 11 is 0. The summed E-state index contributed by atoms with van der Waals surface area (Å²) in [5.74, 6) is -0.973. The molecule has 1 N–H and O–H groups in total. The van der Waals surface area contributed by atoms with Gasteiger partial charge in [-0.25, -0.2) is 18.9 Å². The lowest BCUT2D eigenvalue weighted by molar-refractivity contribution is 0.102. The first kappa shape index (κ1) is 26.7. The number of nitrogens with one attached hydrogen (secondary N) is 1. The van der Waals surface area contributed by atoms with E-state index in [0.717, 1.165) is 67.5 Å². The summed E-state index contributed by atoms with van der Waals surface area (Å²) in [4.78, 5) is 23.1. The summed E-state index contributed by atoms with van der Waals surface area (Å²) in [6.07, 6.45) is 6.00. The van der Waals surface area contributed by atoms with E-state index in [-0.39, 0.29) is 17.2 Å². The van der Waals surface area contributed by atoms with E-state index in [1.165, 1.54) is 24.4 Å². The number of anilines is 1. The minimum atomic E-state index is -0.737. The van der Waals surface area contributed by atoms with Gasteiger partial charge in [0.05, 0.1) is 23.1 Å². The third kappa shape index (κ3) is 5.45. The molecule has 4 aromatic heterocycles. The fourth-order valence-electron chi connectivity index (χ4n) is 5.62. The maximum absolute atomic E-state index is 13.8. The number of nitrogens with zero attached hydrogens (tertiary/aromatic N) is 7. The molecule has 11 heteroatoms. The smallest absolute Gasteiger partial charge is 0.257 e. The lowest BCUT2D eigenvalue weighted by Crippen LogP contribution is -2.34. The van der Waals surface area contributed by atoms with Crippen LogP contribution in [0.4, 0.5) is 14.6 Å². The number of carbonyl (C=O) groups excluding carboxylic acids is 1. The molecule has 5 heterocycles. The van der Waals surface area contributed by atoms with Gasteiger partial charge in [0.15, 0.2) is 11.5 Å². The third-order valence-electron chi connectivity index (χ3n) is 7.53. The summed E-state index contributed by atoms with van der Waals surface area (Å²) in [5, 5.41) is 12.5. The highest BCUT2D eigenvalue weighted by Gasteiger charge is 2.29. The van der Waals surface area contributed by atoms with Crippen LogP contribution in [-0.2, 0) is 7.05 Å². The number of hydrogen-bond donors (Lipinski definition) is 1. The number of halogens is 2. The number of rotatable bonds is 7. The number of piperidine rings is 1. The van der Waals surface area contributed by atoms with Crippen LogP contribution in [0.25, 0.3) is 28.2 Å². The van der Waals surface area contributed by atoms with Crippen LogP contribution >= 0.6 is 0 Å². The van der Waals surface area contributed by atoms with Crippen LogP contribution in [0.5, 0.6) is 0 Å². The number of carbonyl (C=O) groups is 1. The highest BCUT2D eigenvalue weighted by Crippen LogP contribution is 2.40. The second-order valence-corrected chi connectivity index (χ2v) is 10.3. The maximum Gasteiger partial charge on any atom is 0.257 e. The van der Waals surface area contributed by atoms with Gasteiger partial charge in [-0.15, -0.1) is 0 Å². The van der Waals surface area contributed by atoms with E-state index in [9.17, 15) is 13.6 Å². The van der Waals surface area contributed by atoms with E-state index in [1.54, 1.807) is 22.8 Å². The van der Waals surface area contributed by atoms with E-state index in [2.05, 4.69) is 27.1 Å². The summed E-state index contributed by atoms with van der Waals surface area (Å²) in [5.41, 5.74) is 4.91. The highest BCUT2D eigenvalue weighted by molar-refractivity contribution is 6.03. The number of amides is 1. The van der Waals surface area contributed by atoms with Crippen molar-refractivity contribution in [1.29, 1.82) is 0 Å². The second kappa shape index (κ2) is 11.2. The van der Waals surface area contributed by atoms with E-state index in [0.29, 0.717) is 17.3 Å². The fourth-order valence-corrected chi connectivity index (χ4v) is 5.62. The molecule has 210 valence electrons. The molecule has 1 amide bonds. The molecule has 0 bridgehead atoms. The second-order valence-electron chi connectivity index (χ2n) is 10.3. The SMILES string of the molecule is CCCN1CCC(c2c(-c3ccc4nc(NC(=O)c5ccnc(F)c5)cn4n3)c(-c3ccc(F)cc3)nn2C)CC1. The first-order valence-corrected chi connectivity index (χ1v) is 13.7. The number of aromatic nitrogens is 6. The monoisotopic (exact) mass is 556 g/mol. The van der Waals surface area contributed by atoms with Crippen molar-refractivity contribution in [3.05, 3.63) is 83.9 Å². The molecule has 1 aromatic carbocycles. The van der Waals surface area contributed by atoms with E-state index in [1.807, 2.05) is 23.9 Å². The summed E-state index contributed by atoms with van der Waals surface area (Å²) in [6.45, 7) is 5.34. The Morgan fingerprint density at radius 3 is 2.56 bits per heavy atom. The van der Waals surface area contributed by atoms with E-state index < -0.39 is 11.9 Å². The molecule has 0 radical (unpaired) electrons. The van der Waals surface area contributed by atoms with Gasteiger partial charge in [0, 0.05) is 36.4 Å². The quantitative estimate of drug-likeness (QED) is 0.273. The van der Waals surface area contributed by atoms with Crippen molar-refractivity contribution in [2.75, 3.05) is 25.0 Å². The summed E-state index contributed by atoms with van der Waals surface area (Å²) in [7, 11) is 1.95. The molecule has 1 saturated heterocycles. The highest BCUT2D eigenvalue weighted by atomic mass is 19.1. The van der Waals surface area contributed by atoms with Gasteiger partial charge in [0.25, 0.3) is 5.91 Å². The van der Waals surface area contributed by atoms with E-state index >= 15 is 0 Å². The lowest BCUT2D eigenvalue weighted by atomic mass is 9.88. The Hall–Kier alpha value is -4.51.